The van der Waals surface area contributed by atoms with Crippen molar-refractivity contribution in [3.63, 3.8) is 0 Å². The molecule has 0 aliphatic carbocycles. The van der Waals surface area contributed by atoms with Gasteiger partial charge in [-0.05, 0) is 17.7 Å². The molecule has 0 fully saturated rings. The summed E-state index contributed by atoms with van der Waals surface area (Å²) >= 11 is 0. The van der Waals surface area contributed by atoms with Gasteiger partial charge in [0.1, 0.15) is 12.0 Å². The van der Waals surface area contributed by atoms with E-state index in [1.54, 1.807) is 0 Å². The van der Waals surface area contributed by atoms with Crippen molar-refractivity contribution < 1.29 is 18.3 Å². The van der Waals surface area contributed by atoms with Gasteiger partial charge in [0.25, 0.3) is 0 Å². The molecule has 0 aliphatic rings. The lowest BCUT2D eigenvalue weighted by Crippen LogP contribution is -2.11. The number of aldehydes is 1. The number of benzene rings is 1. The summed E-state index contributed by atoms with van der Waals surface area (Å²) in [6.45, 7) is -2.85. The first-order valence-electron chi connectivity index (χ1n) is 3.89. The molecule has 0 saturated heterocycles. The van der Waals surface area contributed by atoms with Crippen LogP contribution in [0.4, 0.5) is 8.78 Å². The van der Waals surface area contributed by atoms with Crippen molar-refractivity contribution >= 4 is 6.29 Å². The Bertz CT molecular complexity index is 300. The Morgan fingerprint density at radius 3 is 2.29 bits per heavy atom. The van der Waals surface area contributed by atoms with Crippen LogP contribution in [-0.2, 0) is 4.79 Å². The number of carbonyl (C=O) groups is 1. The summed E-state index contributed by atoms with van der Waals surface area (Å²) in [5.41, 5.74) is 5.95. The van der Waals surface area contributed by atoms with Gasteiger partial charge in [0.2, 0.25) is 0 Å². The van der Waals surface area contributed by atoms with Crippen molar-refractivity contribution in [2.45, 2.75) is 12.7 Å². The third-order valence-electron chi connectivity index (χ3n) is 1.64. The van der Waals surface area contributed by atoms with E-state index in [-0.39, 0.29) is 5.75 Å². The zero-order valence-electron chi connectivity index (χ0n) is 7.19. The van der Waals surface area contributed by atoms with Crippen LogP contribution in [0.2, 0.25) is 0 Å². The maximum absolute atomic E-state index is 11.7. The number of hydrogen-bond acceptors (Lipinski definition) is 3. The molecule has 5 heteroatoms. The molecule has 0 spiro atoms. The standard InChI is InChI=1S/C9H9F2NO2/c10-9(11)14-7-3-1-6(2-4-7)8(12)5-13/h1-5,8-9H,12H2/t8-/m1/s1. The fraction of sp³-hybridized carbons (Fsp3) is 0.222. The highest BCUT2D eigenvalue weighted by Crippen LogP contribution is 2.17. The lowest BCUT2D eigenvalue weighted by molar-refractivity contribution is -0.109. The predicted molar refractivity (Wildman–Crippen MR) is 46.1 cm³/mol. The molecule has 0 aromatic heterocycles. The van der Waals surface area contributed by atoms with E-state index in [2.05, 4.69) is 4.74 Å². The second kappa shape index (κ2) is 4.66. The molecule has 3 nitrogen and oxygen atoms in total. The SMILES string of the molecule is N[C@H](C=O)c1ccc(OC(F)F)cc1. The Morgan fingerprint density at radius 1 is 1.29 bits per heavy atom. The number of carbonyl (C=O) groups excluding carboxylic acids is 1. The van der Waals surface area contributed by atoms with E-state index in [4.69, 9.17) is 5.73 Å². The van der Waals surface area contributed by atoms with Gasteiger partial charge in [0, 0.05) is 0 Å². The molecule has 14 heavy (non-hydrogen) atoms. The Kier molecular flexibility index (Phi) is 3.53. The first-order valence-corrected chi connectivity index (χ1v) is 3.89. The summed E-state index contributed by atoms with van der Waals surface area (Å²) in [5, 5.41) is 0. The second-order valence-corrected chi connectivity index (χ2v) is 2.61. The van der Waals surface area contributed by atoms with Crippen LogP contribution in [0.25, 0.3) is 0 Å². The van der Waals surface area contributed by atoms with Gasteiger partial charge in [-0.3, -0.25) is 0 Å². The molecule has 1 rings (SSSR count). The third-order valence-corrected chi connectivity index (χ3v) is 1.64. The molecule has 0 heterocycles. The number of hydrogen-bond donors (Lipinski definition) is 1. The summed E-state index contributed by atoms with van der Waals surface area (Å²) in [6, 6.07) is 4.89. The van der Waals surface area contributed by atoms with Crippen molar-refractivity contribution in [2.75, 3.05) is 0 Å². The van der Waals surface area contributed by atoms with Crippen molar-refractivity contribution in [3.8, 4) is 5.75 Å². The summed E-state index contributed by atoms with van der Waals surface area (Å²) < 4.78 is 27.6. The molecule has 0 saturated carbocycles. The first-order chi connectivity index (χ1) is 6.63. The smallest absolute Gasteiger partial charge is 0.387 e. The van der Waals surface area contributed by atoms with E-state index in [1.165, 1.54) is 24.3 Å². The summed E-state index contributed by atoms with van der Waals surface area (Å²) in [4.78, 5) is 10.3. The molecule has 0 aliphatic heterocycles. The number of halogens is 2. The molecular weight excluding hydrogens is 192 g/mol. The van der Waals surface area contributed by atoms with Gasteiger partial charge in [-0.15, -0.1) is 0 Å². The third kappa shape index (κ3) is 2.77. The van der Waals surface area contributed by atoms with Crippen LogP contribution in [0.3, 0.4) is 0 Å². The monoisotopic (exact) mass is 201 g/mol. The van der Waals surface area contributed by atoms with E-state index in [0.29, 0.717) is 11.8 Å². The van der Waals surface area contributed by atoms with Crippen molar-refractivity contribution in [2.24, 2.45) is 5.73 Å². The maximum Gasteiger partial charge on any atom is 0.387 e. The Balaban J connectivity index is 2.73. The molecule has 1 atom stereocenters. The average molecular weight is 201 g/mol. The Labute approximate surface area is 79.5 Å². The number of alkyl halides is 2. The second-order valence-electron chi connectivity index (χ2n) is 2.61. The van der Waals surface area contributed by atoms with E-state index in [0.717, 1.165) is 0 Å². The molecule has 0 amide bonds. The minimum absolute atomic E-state index is 0.0434. The van der Waals surface area contributed by atoms with Crippen molar-refractivity contribution in [1.82, 2.24) is 0 Å². The zero-order chi connectivity index (χ0) is 10.6. The molecule has 1 aromatic carbocycles. The predicted octanol–water partition coefficient (Wildman–Crippen LogP) is 1.49. The molecule has 0 unspecified atom stereocenters. The van der Waals surface area contributed by atoms with Crippen LogP contribution >= 0.6 is 0 Å². The van der Waals surface area contributed by atoms with Crippen LogP contribution in [0.1, 0.15) is 11.6 Å². The van der Waals surface area contributed by atoms with Gasteiger partial charge in [0.15, 0.2) is 0 Å². The summed E-state index contributed by atoms with van der Waals surface area (Å²) in [7, 11) is 0. The quantitative estimate of drug-likeness (QED) is 0.751. The van der Waals surface area contributed by atoms with E-state index in [1.807, 2.05) is 0 Å². The highest BCUT2D eigenvalue weighted by atomic mass is 19.3. The van der Waals surface area contributed by atoms with Gasteiger partial charge >= 0.3 is 6.61 Å². The normalized spacial score (nSPS) is 12.6. The molecule has 1 aromatic rings. The van der Waals surface area contributed by atoms with Crippen molar-refractivity contribution in [3.05, 3.63) is 29.8 Å². The van der Waals surface area contributed by atoms with Crippen LogP contribution in [0.5, 0.6) is 5.75 Å². The average Bonchev–Trinajstić information content (AvgIpc) is 2.17. The molecular formula is C9H9F2NO2. The van der Waals surface area contributed by atoms with Gasteiger partial charge < -0.3 is 15.3 Å². The minimum atomic E-state index is -2.85. The largest absolute Gasteiger partial charge is 0.435 e. The summed E-state index contributed by atoms with van der Waals surface area (Å²) in [6.07, 6.45) is 0.572. The topological polar surface area (TPSA) is 52.3 Å². The van der Waals surface area contributed by atoms with E-state index < -0.39 is 12.7 Å². The summed E-state index contributed by atoms with van der Waals surface area (Å²) in [5.74, 6) is 0.0434. The minimum Gasteiger partial charge on any atom is -0.435 e. The lowest BCUT2D eigenvalue weighted by Gasteiger charge is -2.06. The Hall–Kier alpha value is -1.49. The van der Waals surface area contributed by atoms with Crippen molar-refractivity contribution in [1.29, 1.82) is 0 Å². The van der Waals surface area contributed by atoms with Crippen LogP contribution in [0, 0.1) is 0 Å². The number of rotatable bonds is 4. The van der Waals surface area contributed by atoms with Gasteiger partial charge in [-0.1, -0.05) is 12.1 Å². The number of nitrogens with two attached hydrogens (primary N) is 1. The van der Waals surface area contributed by atoms with Gasteiger partial charge in [-0.2, -0.15) is 8.78 Å². The van der Waals surface area contributed by atoms with Crippen LogP contribution in [0.15, 0.2) is 24.3 Å². The van der Waals surface area contributed by atoms with Crippen LogP contribution < -0.4 is 10.5 Å². The molecule has 0 bridgehead atoms. The first kappa shape index (κ1) is 10.6. The molecule has 76 valence electrons. The lowest BCUT2D eigenvalue weighted by atomic mass is 10.1. The fourth-order valence-electron chi connectivity index (χ4n) is 0.950. The zero-order valence-corrected chi connectivity index (χ0v) is 7.19. The fourth-order valence-corrected chi connectivity index (χ4v) is 0.950. The molecule has 0 radical (unpaired) electrons. The van der Waals surface area contributed by atoms with Crippen LogP contribution in [-0.4, -0.2) is 12.9 Å². The van der Waals surface area contributed by atoms with E-state index in [9.17, 15) is 13.6 Å². The highest BCUT2D eigenvalue weighted by Gasteiger charge is 2.06. The molecule has 2 N–H and O–H groups in total. The van der Waals surface area contributed by atoms with Gasteiger partial charge in [0.05, 0.1) is 6.04 Å². The van der Waals surface area contributed by atoms with Gasteiger partial charge in [-0.25, -0.2) is 0 Å². The maximum atomic E-state index is 11.7. The Morgan fingerprint density at radius 2 is 1.86 bits per heavy atom. The number of ether oxygens (including phenoxy) is 1. The highest BCUT2D eigenvalue weighted by molar-refractivity contribution is 5.61. The van der Waals surface area contributed by atoms with E-state index >= 15 is 0 Å².